The third kappa shape index (κ3) is 3.05. The second kappa shape index (κ2) is 5.47. The van der Waals surface area contributed by atoms with E-state index in [2.05, 4.69) is 47.6 Å². The van der Waals surface area contributed by atoms with Gasteiger partial charge in [0.2, 0.25) is 0 Å². The molecule has 4 heteroatoms. The van der Waals surface area contributed by atoms with E-state index in [4.69, 9.17) is 0 Å². The summed E-state index contributed by atoms with van der Waals surface area (Å²) < 4.78 is 0.960. The van der Waals surface area contributed by atoms with E-state index in [0.717, 1.165) is 26.5 Å². The molecule has 1 N–H and O–H groups in total. The minimum Gasteiger partial charge on any atom is -0.714 e. The Bertz CT molecular complexity index is 684. The predicted molar refractivity (Wildman–Crippen MR) is 103 cm³/mol. The van der Waals surface area contributed by atoms with Crippen LogP contribution in [0.2, 0.25) is 0 Å². The highest BCUT2D eigenvalue weighted by Gasteiger charge is 2.59. The van der Waals surface area contributed by atoms with Crippen molar-refractivity contribution in [3.8, 4) is 0 Å². The van der Waals surface area contributed by atoms with Crippen LogP contribution in [-0.4, -0.2) is 31.9 Å². The molecular formula is C21H34N2O2. The zero-order valence-electron chi connectivity index (χ0n) is 17.5. The number of amidine groups is 1. The van der Waals surface area contributed by atoms with Crippen molar-refractivity contribution < 1.29 is 9.95 Å². The number of hydrogen-bond donors (Lipinski definition) is 1. The van der Waals surface area contributed by atoms with Gasteiger partial charge in [0.1, 0.15) is 5.54 Å². The van der Waals surface area contributed by atoms with E-state index in [0.29, 0.717) is 5.84 Å². The Labute approximate surface area is 152 Å². The van der Waals surface area contributed by atoms with Gasteiger partial charge in [-0.2, -0.15) is 0 Å². The van der Waals surface area contributed by atoms with Gasteiger partial charge in [0.15, 0.2) is 5.54 Å². The fourth-order valence-electron chi connectivity index (χ4n) is 2.99. The molecule has 0 saturated heterocycles. The molecule has 0 aromatic heterocycles. The lowest BCUT2D eigenvalue weighted by atomic mass is 9.79. The van der Waals surface area contributed by atoms with E-state index in [1.165, 1.54) is 0 Å². The van der Waals surface area contributed by atoms with Crippen molar-refractivity contribution in [3.63, 3.8) is 0 Å². The molecule has 1 heterocycles. The summed E-state index contributed by atoms with van der Waals surface area (Å²) in [7, 11) is 0. The van der Waals surface area contributed by atoms with Crippen LogP contribution in [-0.2, 0) is 10.8 Å². The summed E-state index contributed by atoms with van der Waals surface area (Å²) in [4.78, 5) is 0. The van der Waals surface area contributed by atoms with Gasteiger partial charge in [0.05, 0.1) is 5.56 Å². The molecule has 0 aliphatic carbocycles. The summed E-state index contributed by atoms with van der Waals surface area (Å²) in [6.07, 6.45) is 0. The molecule has 0 spiro atoms. The Morgan fingerprint density at radius 1 is 0.880 bits per heavy atom. The highest BCUT2D eigenvalue weighted by atomic mass is 16.5. The number of rotatable bonds is 1. The quantitative estimate of drug-likeness (QED) is 0.587. The minimum atomic E-state index is -0.739. The SMILES string of the molecule is CC(C)(C)c1cc(C2=[N+]([O-])C(C)(C)C(C)(C)N2O)cc(C(C)(C)C)c1. The maximum Gasteiger partial charge on any atom is 0.313 e. The zero-order valence-corrected chi connectivity index (χ0v) is 17.5. The highest BCUT2D eigenvalue weighted by molar-refractivity contribution is 5.96. The molecule has 1 aromatic rings. The summed E-state index contributed by atoms with van der Waals surface area (Å²) in [6, 6.07) is 6.29. The van der Waals surface area contributed by atoms with Gasteiger partial charge in [-0.25, -0.2) is 5.21 Å². The van der Waals surface area contributed by atoms with Crippen molar-refractivity contribution in [2.45, 2.75) is 91.1 Å². The van der Waals surface area contributed by atoms with Gasteiger partial charge >= 0.3 is 5.84 Å². The average Bonchev–Trinajstić information content (AvgIpc) is 2.55. The highest BCUT2D eigenvalue weighted by Crippen LogP contribution is 2.38. The normalized spacial score (nSPS) is 20.4. The molecule has 0 atom stereocenters. The maximum atomic E-state index is 13.1. The van der Waals surface area contributed by atoms with Crippen molar-refractivity contribution in [3.05, 3.63) is 40.1 Å². The summed E-state index contributed by atoms with van der Waals surface area (Å²) in [6.45, 7) is 20.5. The molecule has 4 nitrogen and oxygen atoms in total. The Kier molecular flexibility index (Phi) is 4.33. The first-order valence-electron chi connectivity index (χ1n) is 9.01. The molecule has 25 heavy (non-hydrogen) atoms. The van der Waals surface area contributed by atoms with Crippen LogP contribution >= 0.6 is 0 Å². The van der Waals surface area contributed by atoms with E-state index in [1.807, 2.05) is 39.8 Å². The number of hydroxylamine groups is 3. The topological polar surface area (TPSA) is 49.5 Å². The zero-order chi connectivity index (χ0) is 19.6. The molecule has 2 rings (SSSR count). The van der Waals surface area contributed by atoms with Crippen molar-refractivity contribution in [1.29, 1.82) is 0 Å². The van der Waals surface area contributed by atoms with Gasteiger partial charge in [-0.3, -0.25) is 4.74 Å². The van der Waals surface area contributed by atoms with E-state index in [-0.39, 0.29) is 10.8 Å². The molecule has 0 amide bonds. The van der Waals surface area contributed by atoms with Gasteiger partial charge < -0.3 is 5.21 Å². The molecule has 1 aliphatic rings. The molecular weight excluding hydrogens is 312 g/mol. The Morgan fingerprint density at radius 2 is 1.28 bits per heavy atom. The van der Waals surface area contributed by atoms with Crippen molar-refractivity contribution >= 4 is 5.84 Å². The third-order valence-electron chi connectivity index (χ3n) is 5.85. The van der Waals surface area contributed by atoms with Crippen LogP contribution in [0.5, 0.6) is 0 Å². The van der Waals surface area contributed by atoms with Crippen LogP contribution in [0, 0.1) is 5.21 Å². The second-order valence-corrected chi connectivity index (χ2v) is 10.3. The molecule has 0 fully saturated rings. The lowest BCUT2D eigenvalue weighted by Crippen LogP contribution is -2.53. The summed E-state index contributed by atoms with van der Waals surface area (Å²) in [5, 5.41) is 25.0. The van der Waals surface area contributed by atoms with Gasteiger partial charge in [0, 0.05) is 0 Å². The summed E-state index contributed by atoms with van der Waals surface area (Å²) in [5.41, 5.74) is 1.56. The van der Waals surface area contributed by atoms with Gasteiger partial charge in [-0.05, 0) is 61.8 Å². The van der Waals surface area contributed by atoms with Crippen molar-refractivity contribution in [2.24, 2.45) is 0 Å². The van der Waals surface area contributed by atoms with Gasteiger partial charge in [0.25, 0.3) is 0 Å². The van der Waals surface area contributed by atoms with Crippen molar-refractivity contribution in [1.82, 2.24) is 5.06 Å². The van der Waals surface area contributed by atoms with E-state index in [9.17, 15) is 10.4 Å². The van der Waals surface area contributed by atoms with E-state index < -0.39 is 11.1 Å². The molecule has 0 bridgehead atoms. The number of nitrogens with zero attached hydrogens (tertiary/aromatic N) is 2. The molecule has 0 radical (unpaired) electrons. The van der Waals surface area contributed by atoms with Crippen LogP contribution < -0.4 is 0 Å². The van der Waals surface area contributed by atoms with Crippen LogP contribution in [0.15, 0.2) is 18.2 Å². The molecule has 0 unspecified atom stereocenters. The fraction of sp³-hybridized carbons (Fsp3) is 0.667. The fourth-order valence-corrected chi connectivity index (χ4v) is 2.99. The molecule has 140 valence electrons. The molecule has 0 saturated carbocycles. The standard InChI is InChI=1S/C21H34N2O2/c1-18(2,3)15-11-14(12-16(13-15)19(4,5)6)17-22(24)20(7,8)21(9,10)23(17)25/h11-13,24H,1-10H3. The summed E-state index contributed by atoms with van der Waals surface area (Å²) >= 11 is 0. The first-order chi connectivity index (χ1) is 11.0. The Morgan fingerprint density at radius 3 is 1.56 bits per heavy atom. The lowest BCUT2D eigenvalue weighted by Gasteiger charge is -2.33. The monoisotopic (exact) mass is 346 g/mol. The van der Waals surface area contributed by atoms with Gasteiger partial charge in [-0.1, -0.05) is 47.6 Å². The minimum absolute atomic E-state index is 0.0474. The Hall–Kier alpha value is -1.55. The lowest BCUT2D eigenvalue weighted by molar-refractivity contribution is -0.539. The summed E-state index contributed by atoms with van der Waals surface area (Å²) in [5.74, 6) is 0.326. The first-order valence-corrected chi connectivity index (χ1v) is 9.01. The van der Waals surface area contributed by atoms with Crippen LogP contribution in [0.25, 0.3) is 0 Å². The average molecular weight is 347 g/mol. The second-order valence-electron chi connectivity index (χ2n) is 10.3. The largest absolute Gasteiger partial charge is 0.714 e. The number of hydrogen-bond acceptors (Lipinski definition) is 3. The van der Waals surface area contributed by atoms with E-state index >= 15 is 0 Å². The molecule has 1 aromatic carbocycles. The van der Waals surface area contributed by atoms with Crippen LogP contribution in [0.4, 0.5) is 0 Å². The predicted octanol–water partition coefficient (Wildman–Crippen LogP) is 4.80. The maximum absolute atomic E-state index is 13.1. The van der Waals surface area contributed by atoms with Crippen molar-refractivity contribution in [2.75, 3.05) is 0 Å². The Balaban J connectivity index is 2.77. The first kappa shape index (κ1) is 19.8. The van der Waals surface area contributed by atoms with Crippen LogP contribution in [0.1, 0.15) is 85.9 Å². The third-order valence-corrected chi connectivity index (χ3v) is 5.85. The number of benzene rings is 1. The van der Waals surface area contributed by atoms with Crippen LogP contribution in [0.3, 0.4) is 0 Å². The smallest absolute Gasteiger partial charge is 0.313 e. The molecule has 1 aliphatic heterocycles. The van der Waals surface area contributed by atoms with E-state index in [1.54, 1.807) is 0 Å². The van der Waals surface area contributed by atoms with Gasteiger partial charge in [-0.15, -0.1) is 5.06 Å².